The second kappa shape index (κ2) is 19.5. The third kappa shape index (κ3) is 10.4. The van der Waals surface area contributed by atoms with Gasteiger partial charge < -0.3 is 51.6 Å². The van der Waals surface area contributed by atoms with Gasteiger partial charge in [-0.1, -0.05) is 29.8 Å². The average Bonchev–Trinajstić information content (AvgIpc) is 3.94. The average molecular weight is 930 g/mol. The first kappa shape index (κ1) is 45.0. The summed E-state index contributed by atoms with van der Waals surface area (Å²) in [6, 6.07) is 20.4. The molecule has 0 radical (unpaired) electrons. The number of carbonyl (C=O) groups is 5. The molecule has 3 aromatic carbocycles. The van der Waals surface area contributed by atoms with E-state index in [1.165, 1.54) is 27.4 Å². The Balaban J connectivity index is 0.000000189. The van der Waals surface area contributed by atoms with Crippen LogP contribution in [0.15, 0.2) is 85.2 Å². The van der Waals surface area contributed by atoms with Gasteiger partial charge in [-0.3, -0.25) is 19.2 Å². The predicted molar refractivity (Wildman–Crippen MR) is 233 cm³/mol. The maximum absolute atomic E-state index is 14.4. The summed E-state index contributed by atoms with van der Waals surface area (Å²) in [5, 5.41) is 30.8. The Morgan fingerprint density at radius 3 is 1.86 bits per heavy atom. The zero-order valence-corrected chi connectivity index (χ0v) is 35.0. The molecule has 0 bridgehead atoms. The van der Waals surface area contributed by atoms with Crippen LogP contribution in [0.5, 0.6) is 17.2 Å². The van der Waals surface area contributed by atoms with Gasteiger partial charge in [0.2, 0.25) is 0 Å². The molecule has 4 aromatic heterocycles. The summed E-state index contributed by atoms with van der Waals surface area (Å²) in [6.07, 6.45) is 2.52. The number of nitrogens with two attached hydrogens (primary N) is 1. The fourth-order valence-corrected chi connectivity index (χ4v) is 6.60. The number of hydrogen-bond donors (Lipinski definition) is 7. The molecular weight excluding hydrogens is 894 g/mol. The minimum atomic E-state index is -1.11. The van der Waals surface area contributed by atoms with Crippen molar-refractivity contribution in [3.05, 3.63) is 124 Å². The molecule has 7 aromatic rings. The molecule has 7 heterocycles. The summed E-state index contributed by atoms with van der Waals surface area (Å²) in [5.74, 6) is -0.763. The van der Waals surface area contributed by atoms with Crippen molar-refractivity contribution in [3.63, 3.8) is 0 Å². The molecule has 65 heavy (non-hydrogen) atoms. The Morgan fingerprint density at radius 1 is 0.738 bits per heavy atom. The van der Waals surface area contributed by atoms with E-state index in [1.807, 2.05) is 24.3 Å². The van der Waals surface area contributed by atoms with Crippen LogP contribution in [0.4, 0.5) is 27.3 Å². The van der Waals surface area contributed by atoms with E-state index in [1.54, 1.807) is 36.4 Å². The van der Waals surface area contributed by atoms with Gasteiger partial charge in [0.25, 0.3) is 23.6 Å². The van der Waals surface area contributed by atoms with E-state index in [0.29, 0.717) is 52.3 Å². The van der Waals surface area contributed by atoms with Crippen LogP contribution in [0, 0.1) is 5.82 Å². The molecule has 4 amide bonds. The summed E-state index contributed by atoms with van der Waals surface area (Å²) in [4.78, 5) is 65.6. The third-order valence-electron chi connectivity index (χ3n) is 9.39. The highest BCUT2D eigenvalue weighted by Crippen LogP contribution is 2.31. The Morgan fingerprint density at radius 2 is 1.29 bits per heavy atom. The van der Waals surface area contributed by atoms with Gasteiger partial charge in [-0.2, -0.15) is 14.7 Å². The summed E-state index contributed by atoms with van der Waals surface area (Å²) >= 11 is 5.74. The lowest BCUT2D eigenvalue weighted by Crippen LogP contribution is -2.26. The number of hydrogen-bond acceptors (Lipinski definition) is 14. The van der Waals surface area contributed by atoms with E-state index >= 15 is 0 Å². The zero-order chi connectivity index (χ0) is 44.9. The van der Waals surface area contributed by atoms with Crippen LogP contribution in [-0.4, -0.2) is 83.7 Å². The number of carboxylic acids is 1. The molecule has 334 valence electrons. The molecule has 0 unspecified atom stereocenters. The Bertz CT molecular complexity index is 3000. The lowest BCUT2D eigenvalue weighted by Gasteiger charge is -2.19. The van der Waals surface area contributed by atoms with E-state index in [4.69, 9.17) is 36.7 Å². The van der Waals surface area contributed by atoms with Gasteiger partial charge in [0.05, 0.1) is 29.5 Å². The van der Waals surface area contributed by atoms with Crippen molar-refractivity contribution in [1.29, 1.82) is 0 Å². The van der Waals surface area contributed by atoms with E-state index in [9.17, 15) is 28.4 Å². The minimum Gasteiger partial charge on any atom is -0.482 e. The topological polar surface area (TPSA) is 280 Å². The molecule has 0 saturated carbocycles. The summed E-state index contributed by atoms with van der Waals surface area (Å²) in [6.45, 7) is 0.900. The molecule has 0 spiro atoms. The number of halogens is 3. The lowest BCUT2D eigenvalue weighted by molar-refractivity contribution is -0.119. The molecule has 24 heteroatoms. The maximum Gasteiger partial charge on any atom is 0.354 e. The van der Waals surface area contributed by atoms with Gasteiger partial charge in [0.15, 0.2) is 42.6 Å². The number of ether oxygens (including phenoxy) is 3. The first-order chi connectivity index (χ1) is 30.9. The molecule has 10 rings (SSSR count). The maximum atomic E-state index is 14.4. The van der Waals surface area contributed by atoms with Gasteiger partial charge in [0.1, 0.15) is 33.9 Å². The van der Waals surface area contributed by atoms with Gasteiger partial charge in [0, 0.05) is 37.8 Å². The van der Waals surface area contributed by atoms with Crippen molar-refractivity contribution in [3.8, 4) is 17.2 Å². The number of benzene rings is 3. The number of carbonyl (C=O) groups excluding carboxylic acids is 4. The largest absolute Gasteiger partial charge is 0.482 e. The predicted octanol–water partition coefficient (Wildman–Crippen LogP) is 4.05. The standard InChI is InChI=1S/C25H20FN7O5.C9H10N2O2.C7H4ClN3O2.ClH/c26-15-10-29-33-21(27-8-13-1-3-19-16(5-13)30-22(34)11-37-19)7-18(32-24(15)33)25(36)28-9-14-2-4-20-17(6-14)31-23(35)12-38-20;10-4-6-1-2-8-7(3-6)11-9(12)5-13-8;8-5-3-4(7(12)13)10-6-1-2-9-11(5)6;/h1-7,10,27H,8-9,11-12H2,(H,28,36)(H,30,34)(H,31,35);1-3H,4-5,10H2,(H,11,12);1-3H,(H,12,13);1H. The minimum absolute atomic E-state index is 0. The van der Waals surface area contributed by atoms with Crippen molar-refractivity contribution >= 4 is 87.8 Å². The summed E-state index contributed by atoms with van der Waals surface area (Å²) < 4.78 is 32.9. The number of nitrogens with one attached hydrogen (secondary N) is 5. The fourth-order valence-electron chi connectivity index (χ4n) is 6.37. The van der Waals surface area contributed by atoms with Crippen LogP contribution in [-0.2, 0) is 34.0 Å². The number of amides is 4. The molecule has 0 aliphatic carbocycles. The van der Waals surface area contributed by atoms with Gasteiger partial charge >= 0.3 is 5.97 Å². The van der Waals surface area contributed by atoms with Crippen LogP contribution >= 0.6 is 24.0 Å². The quantitative estimate of drug-likeness (QED) is 0.106. The normalized spacial score (nSPS) is 13.1. The lowest BCUT2D eigenvalue weighted by atomic mass is 10.1. The van der Waals surface area contributed by atoms with Crippen molar-refractivity contribution in [1.82, 2.24) is 34.5 Å². The van der Waals surface area contributed by atoms with Gasteiger partial charge in [-0.05, 0) is 53.1 Å². The van der Waals surface area contributed by atoms with Gasteiger partial charge in [-0.15, -0.1) is 12.4 Å². The smallest absolute Gasteiger partial charge is 0.354 e. The Hall–Kier alpha value is -8.08. The van der Waals surface area contributed by atoms with Crippen molar-refractivity contribution in [2.24, 2.45) is 5.73 Å². The summed E-state index contributed by atoms with van der Waals surface area (Å²) in [5.41, 5.74) is 9.97. The Labute approximate surface area is 376 Å². The molecule has 0 fully saturated rings. The first-order valence-corrected chi connectivity index (χ1v) is 19.4. The van der Waals surface area contributed by atoms with E-state index in [2.05, 4.69) is 46.7 Å². The van der Waals surface area contributed by atoms with Crippen molar-refractivity contribution < 1.29 is 47.7 Å². The molecule has 3 aliphatic heterocycles. The van der Waals surface area contributed by atoms with Crippen LogP contribution in [0.1, 0.15) is 37.7 Å². The molecule has 0 saturated heterocycles. The number of anilines is 4. The van der Waals surface area contributed by atoms with Crippen LogP contribution in [0.25, 0.3) is 11.3 Å². The van der Waals surface area contributed by atoms with E-state index in [-0.39, 0.29) is 85.2 Å². The summed E-state index contributed by atoms with van der Waals surface area (Å²) in [7, 11) is 0. The molecule has 3 aliphatic rings. The number of aromatic nitrogens is 6. The molecule has 0 atom stereocenters. The molecule has 8 N–H and O–H groups in total. The Kier molecular flexibility index (Phi) is 13.5. The highest BCUT2D eigenvalue weighted by Gasteiger charge is 2.20. The highest BCUT2D eigenvalue weighted by molar-refractivity contribution is 6.30. The van der Waals surface area contributed by atoms with E-state index < -0.39 is 17.7 Å². The highest BCUT2D eigenvalue weighted by atomic mass is 35.5. The number of rotatable bonds is 8. The van der Waals surface area contributed by atoms with Crippen LogP contribution < -0.4 is 46.5 Å². The zero-order valence-electron chi connectivity index (χ0n) is 33.5. The number of nitrogens with zero attached hydrogens (tertiary/aromatic N) is 6. The second-order valence-corrected chi connectivity index (χ2v) is 14.3. The van der Waals surface area contributed by atoms with E-state index in [0.717, 1.165) is 22.9 Å². The monoisotopic (exact) mass is 928 g/mol. The van der Waals surface area contributed by atoms with Crippen LogP contribution in [0.2, 0.25) is 5.15 Å². The number of fused-ring (bicyclic) bond motifs is 5. The third-order valence-corrected chi connectivity index (χ3v) is 9.66. The number of aromatic carboxylic acids is 1. The molecular formula is C41H35Cl2FN12O9. The first-order valence-electron chi connectivity index (χ1n) is 19.1. The van der Waals surface area contributed by atoms with Crippen molar-refractivity contribution in [2.45, 2.75) is 19.6 Å². The van der Waals surface area contributed by atoms with Crippen LogP contribution in [0.3, 0.4) is 0 Å². The van der Waals surface area contributed by atoms with Crippen molar-refractivity contribution in [2.75, 3.05) is 41.1 Å². The van der Waals surface area contributed by atoms with Gasteiger partial charge in [-0.25, -0.2) is 23.7 Å². The molecule has 21 nitrogen and oxygen atoms in total. The second-order valence-electron chi connectivity index (χ2n) is 13.9. The fraction of sp³-hybridized carbons (Fsp3) is 0.146. The number of carboxylic acid groups (broad SMARTS) is 1. The SMILES string of the molecule is Cl.NCc1ccc2c(c1)NC(=O)CO2.O=C(O)c1cc(Cl)n2nccc2n1.O=C1COc2ccc(CNC(=O)c3cc(NCc4ccc5c(c4)NC(=O)CO5)n4ncc(F)c4n3)cc2N1.